The molecule has 5 rings (SSSR count). The van der Waals surface area contributed by atoms with E-state index in [4.69, 9.17) is 11.6 Å². The van der Waals surface area contributed by atoms with Gasteiger partial charge < -0.3 is 15.1 Å². The summed E-state index contributed by atoms with van der Waals surface area (Å²) >= 11 is 6.44. The minimum absolute atomic E-state index is 0.0441. The normalized spacial score (nSPS) is 25.4. The zero-order chi connectivity index (χ0) is 20.9. The third-order valence-electron chi connectivity index (χ3n) is 7.22. The average molecular weight is 424 g/mol. The van der Waals surface area contributed by atoms with Crippen molar-refractivity contribution < 1.29 is 4.79 Å². The van der Waals surface area contributed by atoms with Crippen LogP contribution in [0.25, 0.3) is 0 Å². The first-order valence-corrected chi connectivity index (χ1v) is 11.4. The molecule has 1 fully saturated rings. The second-order valence-electron chi connectivity index (χ2n) is 9.51. The van der Waals surface area contributed by atoms with Crippen LogP contribution in [0.15, 0.2) is 42.5 Å². The lowest BCUT2D eigenvalue weighted by Gasteiger charge is -2.40. The Balaban J connectivity index is 1.34. The van der Waals surface area contributed by atoms with Crippen molar-refractivity contribution in [3.05, 3.63) is 69.7 Å². The summed E-state index contributed by atoms with van der Waals surface area (Å²) in [4.78, 5) is 16.6. The molecule has 2 aromatic carbocycles. The molecule has 5 heteroatoms. The van der Waals surface area contributed by atoms with E-state index in [1.165, 1.54) is 22.3 Å². The number of hydrogen-bond acceptors (Lipinski definition) is 3. The van der Waals surface area contributed by atoms with Gasteiger partial charge in [-0.3, -0.25) is 4.79 Å². The van der Waals surface area contributed by atoms with Gasteiger partial charge in [-0.05, 0) is 67.7 Å². The number of carbonyl (C=O) groups is 1. The van der Waals surface area contributed by atoms with Crippen molar-refractivity contribution in [1.29, 1.82) is 0 Å². The Kier molecular flexibility index (Phi) is 5.12. The van der Waals surface area contributed by atoms with Crippen LogP contribution in [0.1, 0.15) is 47.4 Å². The molecule has 0 aromatic heterocycles. The number of carbonyl (C=O) groups excluding carboxylic acids is 1. The predicted octanol–water partition coefficient (Wildman–Crippen LogP) is 3.62. The van der Waals surface area contributed by atoms with E-state index in [9.17, 15) is 4.79 Å². The van der Waals surface area contributed by atoms with Crippen molar-refractivity contribution in [2.45, 2.75) is 36.6 Å². The summed E-state index contributed by atoms with van der Waals surface area (Å²) in [5.41, 5.74) is 5.93. The molecule has 0 radical (unpaired) electrons. The summed E-state index contributed by atoms with van der Waals surface area (Å²) in [5.74, 6) is 0.625. The fourth-order valence-corrected chi connectivity index (χ4v) is 6.17. The number of likely N-dealkylation sites (N-methyl/N-ethyl adjacent to an activating group) is 1. The van der Waals surface area contributed by atoms with Gasteiger partial charge in [-0.1, -0.05) is 41.9 Å². The zero-order valence-electron chi connectivity index (χ0n) is 17.8. The van der Waals surface area contributed by atoms with Gasteiger partial charge in [-0.25, -0.2) is 0 Å². The van der Waals surface area contributed by atoms with E-state index in [0.717, 1.165) is 43.9 Å². The molecule has 2 unspecified atom stereocenters. The average Bonchev–Trinajstić information content (AvgIpc) is 3.20. The maximum Gasteiger partial charge on any atom is 0.234 e. The maximum atomic E-state index is 12.1. The molecule has 0 saturated carbocycles. The molecular formula is C25H30ClN3O. The number of likely N-dealkylation sites (tertiary alicyclic amines) is 1. The molecule has 1 N–H and O–H groups in total. The third kappa shape index (κ3) is 3.35. The number of halogens is 1. The van der Waals surface area contributed by atoms with Crippen molar-refractivity contribution in [2.24, 2.45) is 0 Å². The van der Waals surface area contributed by atoms with Gasteiger partial charge in [0.05, 0.1) is 6.54 Å². The molecule has 3 aliphatic rings. The lowest BCUT2D eigenvalue weighted by molar-refractivity contribution is -0.122. The Hall–Kier alpha value is -1.88. The van der Waals surface area contributed by atoms with Crippen molar-refractivity contribution in [3.63, 3.8) is 0 Å². The minimum Gasteiger partial charge on any atom is -0.352 e. The highest BCUT2D eigenvalue weighted by Gasteiger charge is 2.53. The van der Waals surface area contributed by atoms with E-state index >= 15 is 0 Å². The van der Waals surface area contributed by atoms with Crippen LogP contribution in [-0.2, 0) is 10.2 Å². The van der Waals surface area contributed by atoms with Crippen LogP contribution in [0.5, 0.6) is 0 Å². The SMILES string of the molecule is CN(C)CC(=O)NC1CCN(CC23CC(c4ccccc42)c2ccc(Cl)cc23)CC1. The van der Waals surface area contributed by atoms with E-state index in [2.05, 4.69) is 46.6 Å². The molecule has 2 atom stereocenters. The van der Waals surface area contributed by atoms with Gasteiger partial charge in [0.15, 0.2) is 0 Å². The van der Waals surface area contributed by atoms with Gasteiger partial charge in [0.25, 0.3) is 0 Å². The molecule has 1 heterocycles. The number of amides is 1. The van der Waals surface area contributed by atoms with Crippen molar-refractivity contribution in [3.8, 4) is 0 Å². The standard InChI is InChI=1S/C25H30ClN3O/c1-28(2)15-24(30)27-18-9-11-29(12-10-18)16-25-14-21(19-5-3-4-6-22(19)25)20-8-7-17(26)13-23(20)25/h3-8,13,18,21H,9-12,14-16H2,1-2H3,(H,27,30). The smallest absolute Gasteiger partial charge is 0.234 e. The van der Waals surface area contributed by atoms with E-state index < -0.39 is 0 Å². The number of nitrogens with one attached hydrogen (secondary N) is 1. The summed E-state index contributed by atoms with van der Waals surface area (Å²) < 4.78 is 0. The fourth-order valence-electron chi connectivity index (χ4n) is 6.00. The van der Waals surface area contributed by atoms with E-state index in [1.807, 2.05) is 25.1 Å². The lowest BCUT2D eigenvalue weighted by atomic mass is 9.74. The second-order valence-corrected chi connectivity index (χ2v) is 9.95. The molecule has 2 bridgehead atoms. The fraction of sp³-hybridized carbons (Fsp3) is 0.480. The van der Waals surface area contributed by atoms with E-state index in [0.29, 0.717) is 18.5 Å². The highest BCUT2D eigenvalue weighted by molar-refractivity contribution is 6.30. The maximum absolute atomic E-state index is 12.1. The van der Waals surface area contributed by atoms with Crippen LogP contribution in [0, 0.1) is 0 Å². The summed E-state index contributed by atoms with van der Waals surface area (Å²) in [6, 6.07) is 15.8. The summed E-state index contributed by atoms with van der Waals surface area (Å²) in [6.45, 7) is 3.54. The minimum atomic E-state index is 0.0441. The van der Waals surface area contributed by atoms with Crippen LogP contribution in [0.3, 0.4) is 0 Å². The van der Waals surface area contributed by atoms with Gasteiger partial charge in [-0.2, -0.15) is 0 Å². The molecule has 4 nitrogen and oxygen atoms in total. The molecule has 2 aromatic rings. The molecule has 1 amide bonds. The highest BCUT2D eigenvalue weighted by Crippen LogP contribution is 2.60. The number of rotatable bonds is 5. The number of piperidine rings is 1. The van der Waals surface area contributed by atoms with Crippen LogP contribution < -0.4 is 5.32 Å². The van der Waals surface area contributed by atoms with Crippen molar-refractivity contribution >= 4 is 17.5 Å². The van der Waals surface area contributed by atoms with Gasteiger partial charge in [0, 0.05) is 42.0 Å². The third-order valence-corrected chi connectivity index (χ3v) is 7.45. The molecule has 0 spiro atoms. The number of hydrogen-bond donors (Lipinski definition) is 1. The zero-order valence-corrected chi connectivity index (χ0v) is 18.6. The Labute approximate surface area is 184 Å². The Morgan fingerprint density at radius 2 is 1.87 bits per heavy atom. The summed E-state index contributed by atoms with van der Waals surface area (Å²) in [7, 11) is 3.86. The molecule has 1 saturated heterocycles. The van der Waals surface area contributed by atoms with Crippen LogP contribution in [-0.4, -0.2) is 62.0 Å². The number of nitrogens with zero attached hydrogens (tertiary/aromatic N) is 2. The van der Waals surface area contributed by atoms with Gasteiger partial charge in [0.2, 0.25) is 5.91 Å². The lowest BCUT2D eigenvalue weighted by Crippen LogP contribution is -2.49. The van der Waals surface area contributed by atoms with Crippen LogP contribution in [0.4, 0.5) is 0 Å². The Morgan fingerprint density at radius 3 is 2.63 bits per heavy atom. The first kappa shape index (κ1) is 20.0. The van der Waals surface area contributed by atoms with Crippen LogP contribution >= 0.6 is 11.6 Å². The van der Waals surface area contributed by atoms with Gasteiger partial charge in [-0.15, -0.1) is 0 Å². The molecule has 158 valence electrons. The van der Waals surface area contributed by atoms with Gasteiger partial charge >= 0.3 is 0 Å². The summed E-state index contributed by atoms with van der Waals surface area (Å²) in [6.07, 6.45) is 3.19. The second kappa shape index (κ2) is 7.67. The van der Waals surface area contributed by atoms with E-state index in [1.54, 1.807) is 0 Å². The molecule has 30 heavy (non-hydrogen) atoms. The Bertz CT molecular complexity index is 967. The predicted molar refractivity (Wildman–Crippen MR) is 121 cm³/mol. The quantitative estimate of drug-likeness (QED) is 0.797. The van der Waals surface area contributed by atoms with Gasteiger partial charge in [0.1, 0.15) is 0 Å². The Morgan fingerprint density at radius 1 is 1.13 bits per heavy atom. The van der Waals surface area contributed by atoms with Crippen molar-refractivity contribution in [2.75, 3.05) is 40.3 Å². The summed E-state index contributed by atoms with van der Waals surface area (Å²) in [5, 5.41) is 4.04. The van der Waals surface area contributed by atoms with E-state index in [-0.39, 0.29) is 11.3 Å². The largest absolute Gasteiger partial charge is 0.352 e. The first-order valence-electron chi connectivity index (χ1n) is 11.0. The molecular weight excluding hydrogens is 394 g/mol. The number of benzene rings is 2. The highest BCUT2D eigenvalue weighted by atomic mass is 35.5. The number of fused-ring (bicyclic) bond motifs is 8. The van der Waals surface area contributed by atoms with Crippen molar-refractivity contribution in [1.82, 2.24) is 15.1 Å². The monoisotopic (exact) mass is 423 g/mol. The first-order chi connectivity index (χ1) is 14.5. The topological polar surface area (TPSA) is 35.6 Å². The molecule has 2 aliphatic carbocycles. The van der Waals surface area contributed by atoms with Crippen LogP contribution in [0.2, 0.25) is 5.02 Å². The molecule has 1 aliphatic heterocycles.